The largest absolute Gasteiger partial charge is 0.465 e. The first-order chi connectivity index (χ1) is 17.2. The number of nitriles is 1. The molecule has 0 aliphatic rings. The van der Waals surface area contributed by atoms with Gasteiger partial charge < -0.3 is 20.6 Å². The number of carbonyl (C=O) groups is 2. The van der Waals surface area contributed by atoms with Crippen molar-refractivity contribution in [3.8, 4) is 17.3 Å². The van der Waals surface area contributed by atoms with Gasteiger partial charge in [-0.25, -0.2) is 14.8 Å². The molecule has 36 heavy (non-hydrogen) atoms. The van der Waals surface area contributed by atoms with Crippen molar-refractivity contribution in [1.82, 2.24) is 19.7 Å². The number of nitrogens with one attached hydrogen (secondary N) is 2. The maximum Gasteiger partial charge on any atom is 0.404 e. The van der Waals surface area contributed by atoms with Crippen LogP contribution in [0.2, 0.25) is 0 Å². The van der Waals surface area contributed by atoms with Gasteiger partial charge in [0, 0.05) is 42.3 Å². The molecular weight excluding hydrogens is 458 g/mol. The van der Waals surface area contributed by atoms with Gasteiger partial charge in [-0.15, -0.1) is 0 Å². The summed E-state index contributed by atoms with van der Waals surface area (Å²) in [6.07, 6.45) is 3.87. The van der Waals surface area contributed by atoms with E-state index in [1.807, 2.05) is 42.5 Å². The van der Waals surface area contributed by atoms with Gasteiger partial charge in [0.2, 0.25) is 0 Å². The Labute approximate surface area is 207 Å². The van der Waals surface area contributed by atoms with E-state index in [1.54, 1.807) is 49.9 Å². The minimum Gasteiger partial charge on any atom is -0.465 e. The Kier molecular flexibility index (Phi) is 6.56. The van der Waals surface area contributed by atoms with Gasteiger partial charge in [0.25, 0.3) is 5.91 Å². The molecule has 2 aromatic carbocycles. The molecule has 10 heteroatoms. The third-order valence-corrected chi connectivity index (χ3v) is 5.65. The predicted octanol–water partition coefficient (Wildman–Crippen LogP) is 4.00. The van der Waals surface area contributed by atoms with Gasteiger partial charge in [0.1, 0.15) is 5.69 Å². The van der Waals surface area contributed by atoms with Gasteiger partial charge in [-0.05, 0) is 50.2 Å². The summed E-state index contributed by atoms with van der Waals surface area (Å²) in [5.41, 5.74) is 4.06. The molecule has 0 fully saturated rings. The van der Waals surface area contributed by atoms with Crippen LogP contribution in [0.4, 0.5) is 16.2 Å². The van der Waals surface area contributed by atoms with Crippen molar-refractivity contribution in [1.29, 1.82) is 5.26 Å². The molecule has 2 heterocycles. The summed E-state index contributed by atoms with van der Waals surface area (Å²) in [5.74, 6) is -0.294. The molecule has 3 N–H and O–H groups in total. The van der Waals surface area contributed by atoms with Crippen LogP contribution in [0.25, 0.3) is 16.9 Å². The first-order valence-electron chi connectivity index (χ1n) is 11.1. The van der Waals surface area contributed by atoms with E-state index < -0.39 is 11.6 Å². The van der Waals surface area contributed by atoms with E-state index in [9.17, 15) is 9.59 Å². The molecule has 0 spiro atoms. The Morgan fingerprint density at radius 2 is 1.78 bits per heavy atom. The number of nitrogens with zero attached hydrogens (tertiary/aromatic N) is 5. The zero-order valence-corrected chi connectivity index (χ0v) is 20.1. The normalized spacial score (nSPS) is 11.1. The molecule has 10 nitrogen and oxygen atoms in total. The van der Waals surface area contributed by atoms with E-state index in [2.05, 4.69) is 26.7 Å². The van der Waals surface area contributed by atoms with E-state index >= 15 is 0 Å². The van der Waals surface area contributed by atoms with Crippen LogP contribution in [-0.2, 0) is 0 Å². The van der Waals surface area contributed by atoms with Crippen LogP contribution in [0.3, 0.4) is 0 Å². The molecular formula is C26H25N7O3. The average Bonchev–Trinajstić information content (AvgIpc) is 3.30. The highest BCUT2D eigenvalue weighted by molar-refractivity contribution is 6.04. The molecule has 0 unspecified atom stereocenters. The van der Waals surface area contributed by atoms with E-state index in [4.69, 9.17) is 10.4 Å². The quantitative estimate of drug-likeness (QED) is 0.361. The van der Waals surface area contributed by atoms with Crippen LogP contribution in [0, 0.1) is 11.3 Å². The summed E-state index contributed by atoms with van der Waals surface area (Å²) in [6.45, 7) is 4.06. The molecule has 0 aliphatic carbocycles. The van der Waals surface area contributed by atoms with Crippen molar-refractivity contribution < 1.29 is 14.7 Å². The standard InChI is InChI=1S/C26H25N7O3/c1-26(2,16-30-25(35)36)31-19-8-6-18(7-9-19)22-13-29-23-14-28-21(15-33(22)23)24(34)32(3)20-10-4-17(12-27)5-11-20/h4-11,13-15,30-31H,16H2,1-3H3,(H,35,36). The SMILES string of the molecule is CN(C(=O)c1cn2c(-c3ccc(NC(C)(C)CNC(=O)O)cc3)cnc2cn1)c1ccc(C#N)cc1. The van der Waals surface area contributed by atoms with Gasteiger partial charge >= 0.3 is 6.09 Å². The van der Waals surface area contributed by atoms with E-state index in [1.165, 1.54) is 4.90 Å². The number of carbonyl (C=O) groups excluding carboxylic acids is 1. The summed E-state index contributed by atoms with van der Waals surface area (Å²) in [5, 5.41) is 23.5. The first-order valence-corrected chi connectivity index (χ1v) is 11.1. The lowest BCUT2D eigenvalue weighted by Crippen LogP contribution is -2.43. The number of benzene rings is 2. The molecule has 0 saturated heterocycles. The van der Waals surface area contributed by atoms with Crippen LogP contribution in [0.15, 0.2) is 67.1 Å². The Morgan fingerprint density at radius 3 is 2.42 bits per heavy atom. The number of amides is 2. The fraction of sp³-hybridized carbons (Fsp3) is 0.192. The molecule has 0 saturated carbocycles. The zero-order valence-electron chi connectivity index (χ0n) is 20.1. The van der Waals surface area contributed by atoms with Gasteiger partial charge in [0.05, 0.1) is 29.7 Å². The Bertz CT molecular complexity index is 1450. The topological polar surface area (TPSA) is 136 Å². The fourth-order valence-electron chi connectivity index (χ4n) is 3.72. The first kappa shape index (κ1) is 24.2. The lowest BCUT2D eigenvalue weighted by atomic mass is 10.0. The Hall–Kier alpha value is -4.91. The second kappa shape index (κ2) is 9.76. The number of anilines is 2. The lowest BCUT2D eigenvalue weighted by Gasteiger charge is -2.27. The third kappa shape index (κ3) is 5.26. The molecule has 4 rings (SSSR count). The molecule has 2 amide bonds. The lowest BCUT2D eigenvalue weighted by molar-refractivity contribution is 0.0987. The smallest absolute Gasteiger partial charge is 0.404 e. The summed E-state index contributed by atoms with van der Waals surface area (Å²) in [6, 6.07) is 16.5. The molecule has 4 aromatic rings. The number of rotatable bonds is 7. The van der Waals surface area contributed by atoms with Crippen LogP contribution in [0.5, 0.6) is 0 Å². The molecule has 0 bridgehead atoms. The van der Waals surface area contributed by atoms with Crippen molar-refractivity contribution >= 4 is 29.0 Å². The number of hydrogen-bond acceptors (Lipinski definition) is 6. The zero-order chi connectivity index (χ0) is 25.9. The second-order valence-corrected chi connectivity index (χ2v) is 8.91. The van der Waals surface area contributed by atoms with Gasteiger partial charge in [0.15, 0.2) is 5.65 Å². The van der Waals surface area contributed by atoms with E-state index in [0.29, 0.717) is 16.9 Å². The van der Waals surface area contributed by atoms with Crippen LogP contribution in [-0.4, -0.2) is 50.6 Å². The molecule has 0 radical (unpaired) electrons. The number of carboxylic acid groups (broad SMARTS) is 1. The monoisotopic (exact) mass is 483 g/mol. The highest BCUT2D eigenvalue weighted by Crippen LogP contribution is 2.24. The maximum absolute atomic E-state index is 13.1. The second-order valence-electron chi connectivity index (χ2n) is 8.91. The van der Waals surface area contributed by atoms with Gasteiger partial charge in [-0.2, -0.15) is 5.26 Å². The van der Waals surface area contributed by atoms with Gasteiger partial charge in [-0.3, -0.25) is 9.20 Å². The van der Waals surface area contributed by atoms with Crippen molar-refractivity contribution in [2.24, 2.45) is 0 Å². The Morgan fingerprint density at radius 1 is 1.08 bits per heavy atom. The molecule has 182 valence electrons. The fourth-order valence-corrected chi connectivity index (χ4v) is 3.72. The minimum atomic E-state index is -1.07. The van der Waals surface area contributed by atoms with Crippen LogP contribution < -0.4 is 15.5 Å². The Balaban J connectivity index is 1.56. The van der Waals surface area contributed by atoms with Crippen molar-refractivity contribution in [2.75, 3.05) is 23.8 Å². The summed E-state index contributed by atoms with van der Waals surface area (Å²) in [7, 11) is 1.66. The minimum absolute atomic E-state index is 0.248. The highest BCUT2D eigenvalue weighted by Gasteiger charge is 2.19. The predicted molar refractivity (Wildman–Crippen MR) is 136 cm³/mol. The summed E-state index contributed by atoms with van der Waals surface area (Å²) >= 11 is 0. The number of hydrogen-bond donors (Lipinski definition) is 3. The summed E-state index contributed by atoms with van der Waals surface area (Å²) in [4.78, 5) is 34.1. The third-order valence-electron chi connectivity index (χ3n) is 5.65. The number of aromatic nitrogens is 3. The average molecular weight is 484 g/mol. The molecule has 0 atom stereocenters. The highest BCUT2D eigenvalue weighted by atomic mass is 16.4. The van der Waals surface area contributed by atoms with Crippen molar-refractivity contribution in [3.63, 3.8) is 0 Å². The summed E-state index contributed by atoms with van der Waals surface area (Å²) < 4.78 is 1.82. The van der Waals surface area contributed by atoms with Crippen molar-refractivity contribution in [3.05, 3.63) is 78.4 Å². The number of imidazole rings is 1. The van der Waals surface area contributed by atoms with Gasteiger partial charge in [-0.1, -0.05) is 12.1 Å². The maximum atomic E-state index is 13.1. The van der Waals surface area contributed by atoms with E-state index in [-0.39, 0.29) is 18.1 Å². The van der Waals surface area contributed by atoms with Crippen LogP contribution in [0.1, 0.15) is 29.9 Å². The van der Waals surface area contributed by atoms with Crippen LogP contribution >= 0.6 is 0 Å². The van der Waals surface area contributed by atoms with Crippen molar-refractivity contribution in [2.45, 2.75) is 19.4 Å². The molecule has 2 aromatic heterocycles. The number of fused-ring (bicyclic) bond motifs is 1. The molecule has 0 aliphatic heterocycles. The van der Waals surface area contributed by atoms with E-state index in [0.717, 1.165) is 16.9 Å².